The molecule has 2 heterocycles. The number of anilines is 1. The fourth-order valence-electron chi connectivity index (χ4n) is 2.87. The minimum atomic E-state index is -0.507. The van der Waals surface area contributed by atoms with Crippen molar-refractivity contribution in [3.05, 3.63) is 74.2 Å². The Bertz CT molecular complexity index is 1360. The number of carbonyl (C=O) groups is 1. The first-order chi connectivity index (χ1) is 15.8. The van der Waals surface area contributed by atoms with Crippen LogP contribution < -0.4 is 15.4 Å². The maximum absolute atomic E-state index is 12.5. The van der Waals surface area contributed by atoms with Gasteiger partial charge in [-0.05, 0) is 76.7 Å². The molecule has 6 nitrogen and oxygen atoms in total. The van der Waals surface area contributed by atoms with Crippen molar-refractivity contribution in [2.24, 2.45) is 0 Å². The number of aromatic nitrogens is 1. The van der Waals surface area contributed by atoms with Gasteiger partial charge in [0.15, 0.2) is 16.0 Å². The largest absolute Gasteiger partial charge is 0.496 e. The molecule has 2 N–H and O–H groups in total. The summed E-state index contributed by atoms with van der Waals surface area (Å²) in [5.74, 6) is 0.720. The summed E-state index contributed by atoms with van der Waals surface area (Å²) in [6.45, 7) is 0. The number of halogens is 3. The van der Waals surface area contributed by atoms with E-state index in [1.807, 2.05) is 23.6 Å². The minimum Gasteiger partial charge on any atom is -0.496 e. The van der Waals surface area contributed by atoms with Gasteiger partial charge in [-0.1, -0.05) is 23.2 Å². The third-order valence-electron chi connectivity index (χ3n) is 4.42. The number of thiocarbonyl (C=S) groups is 1. The van der Waals surface area contributed by atoms with E-state index in [1.54, 1.807) is 31.4 Å². The lowest BCUT2D eigenvalue weighted by Crippen LogP contribution is -2.33. The van der Waals surface area contributed by atoms with E-state index in [-0.39, 0.29) is 10.9 Å². The van der Waals surface area contributed by atoms with Crippen LogP contribution in [-0.4, -0.2) is 23.1 Å². The number of hydrogen-bond acceptors (Lipinski definition) is 6. The number of furan rings is 1. The number of nitrogens with one attached hydrogen (secondary N) is 2. The first kappa shape index (κ1) is 23.7. The van der Waals surface area contributed by atoms with Crippen molar-refractivity contribution >= 4 is 78.8 Å². The number of nitrogens with zero attached hydrogens (tertiary/aromatic N) is 1. The third-order valence-corrected chi connectivity index (χ3v) is 6.57. The maximum Gasteiger partial charge on any atom is 0.293 e. The van der Waals surface area contributed by atoms with E-state index in [9.17, 15) is 4.79 Å². The molecular formula is C22H14BrCl2N3O3S2. The Morgan fingerprint density at radius 3 is 2.76 bits per heavy atom. The molecule has 4 aromatic rings. The number of thiazole rings is 1. The molecule has 11 heteroatoms. The van der Waals surface area contributed by atoms with Crippen LogP contribution >= 0.6 is 62.7 Å². The minimum absolute atomic E-state index is 0.0769. The molecule has 2 aromatic heterocycles. The summed E-state index contributed by atoms with van der Waals surface area (Å²) >= 11 is 22.3. The quantitative estimate of drug-likeness (QED) is 0.241. The maximum atomic E-state index is 12.5. The van der Waals surface area contributed by atoms with Gasteiger partial charge in [0.1, 0.15) is 11.5 Å². The van der Waals surface area contributed by atoms with Gasteiger partial charge in [0, 0.05) is 21.5 Å². The highest BCUT2D eigenvalue weighted by Crippen LogP contribution is 2.33. The average Bonchev–Trinajstić information content (AvgIpc) is 3.45. The van der Waals surface area contributed by atoms with E-state index < -0.39 is 5.91 Å². The summed E-state index contributed by atoms with van der Waals surface area (Å²) in [4.78, 5) is 17.1. The molecule has 33 heavy (non-hydrogen) atoms. The van der Waals surface area contributed by atoms with Gasteiger partial charge in [-0.3, -0.25) is 10.1 Å². The Morgan fingerprint density at radius 2 is 2.00 bits per heavy atom. The lowest BCUT2D eigenvalue weighted by Gasteiger charge is -2.06. The third kappa shape index (κ3) is 5.56. The molecular weight excluding hydrogens is 569 g/mol. The van der Waals surface area contributed by atoms with Crippen LogP contribution in [0, 0.1) is 0 Å². The highest BCUT2D eigenvalue weighted by atomic mass is 79.9. The lowest BCUT2D eigenvalue weighted by molar-refractivity contribution is 0.0951. The molecule has 0 aliphatic carbocycles. The summed E-state index contributed by atoms with van der Waals surface area (Å²) in [6, 6.07) is 13.8. The normalized spacial score (nSPS) is 10.7. The first-order valence-corrected chi connectivity index (χ1v) is 12.1. The smallest absolute Gasteiger partial charge is 0.293 e. The Kier molecular flexibility index (Phi) is 7.35. The van der Waals surface area contributed by atoms with E-state index in [0.29, 0.717) is 26.5 Å². The molecule has 0 fully saturated rings. The van der Waals surface area contributed by atoms with Crippen LogP contribution in [0.3, 0.4) is 0 Å². The van der Waals surface area contributed by atoms with Crippen LogP contribution in [0.2, 0.25) is 10.0 Å². The zero-order valence-electron chi connectivity index (χ0n) is 16.8. The topological polar surface area (TPSA) is 76.4 Å². The van der Waals surface area contributed by atoms with E-state index in [1.165, 1.54) is 17.4 Å². The fraction of sp³-hybridized carbons (Fsp3) is 0.0455. The van der Waals surface area contributed by atoms with Crippen LogP contribution in [0.4, 0.5) is 5.13 Å². The molecule has 0 saturated heterocycles. The molecule has 0 unspecified atom stereocenters. The Hall–Kier alpha value is -2.43. The van der Waals surface area contributed by atoms with Gasteiger partial charge in [0.2, 0.25) is 0 Å². The number of benzene rings is 2. The average molecular weight is 583 g/mol. The van der Waals surface area contributed by atoms with Crippen LogP contribution in [0.25, 0.3) is 22.6 Å². The molecule has 0 saturated carbocycles. The standard InChI is InChI=1S/C22H14BrCl2N3O3S2/c1-30-18-5-2-11(8-14(18)23)16-10-33-22(26-16)28-21(32)27-20(29)19-7-6-17(31-19)13-9-12(24)3-4-15(13)25/h2-10H,1H3,(H2,26,27,28,29,32). The molecule has 2 aromatic carbocycles. The molecule has 0 radical (unpaired) electrons. The van der Waals surface area contributed by atoms with Gasteiger partial charge in [-0.25, -0.2) is 4.98 Å². The summed E-state index contributed by atoms with van der Waals surface area (Å²) < 4.78 is 11.7. The lowest BCUT2D eigenvalue weighted by atomic mass is 10.2. The summed E-state index contributed by atoms with van der Waals surface area (Å²) in [5, 5.41) is 8.97. The van der Waals surface area contributed by atoms with Crippen molar-refractivity contribution in [1.29, 1.82) is 0 Å². The van der Waals surface area contributed by atoms with Gasteiger partial charge >= 0.3 is 0 Å². The van der Waals surface area contributed by atoms with E-state index >= 15 is 0 Å². The van der Waals surface area contributed by atoms with Gasteiger partial charge in [-0.15, -0.1) is 11.3 Å². The highest BCUT2D eigenvalue weighted by molar-refractivity contribution is 9.10. The van der Waals surface area contributed by atoms with Crippen molar-refractivity contribution in [1.82, 2.24) is 10.3 Å². The van der Waals surface area contributed by atoms with Gasteiger partial charge in [0.05, 0.1) is 22.3 Å². The van der Waals surface area contributed by atoms with E-state index in [2.05, 4.69) is 31.5 Å². The van der Waals surface area contributed by atoms with Crippen LogP contribution in [0.15, 0.2) is 62.8 Å². The van der Waals surface area contributed by atoms with Crippen molar-refractivity contribution < 1.29 is 13.9 Å². The Labute approximate surface area is 217 Å². The number of ether oxygens (including phenoxy) is 1. The van der Waals surface area contributed by atoms with Gasteiger partial charge in [-0.2, -0.15) is 0 Å². The molecule has 0 aliphatic rings. The van der Waals surface area contributed by atoms with Crippen molar-refractivity contribution in [2.45, 2.75) is 0 Å². The highest BCUT2D eigenvalue weighted by Gasteiger charge is 2.16. The number of carbonyl (C=O) groups excluding carboxylic acids is 1. The van der Waals surface area contributed by atoms with Crippen molar-refractivity contribution in [3.8, 4) is 28.3 Å². The summed E-state index contributed by atoms with van der Waals surface area (Å²) in [7, 11) is 1.61. The van der Waals surface area contributed by atoms with Gasteiger partial charge in [0.25, 0.3) is 5.91 Å². The number of hydrogen-bond donors (Lipinski definition) is 2. The number of rotatable bonds is 5. The van der Waals surface area contributed by atoms with Crippen LogP contribution in [0.5, 0.6) is 5.75 Å². The molecule has 0 aliphatic heterocycles. The second-order valence-electron chi connectivity index (χ2n) is 6.58. The second-order valence-corrected chi connectivity index (χ2v) is 9.55. The first-order valence-electron chi connectivity index (χ1n) is 9.31. The molecule has 4 rings (SSSR count). The van der Waals surface area contributed by atoms with Crippen molar-refractivity contribution in [3.63, 3.8) is 0 Å². The molecule has 0 atom stereocenters. The van der Waals surface area contributed by atoms with Gasteiger partial charge < -0.3 is 14.5 Å². The van der Waals surface area contributed by atoms with E-state index in [0.717, 1.165) is 21.5 Å². The monoisotopic (exact) mass is 581 g/mol. The van der Waals surface area contributed by atoms with Crippen molar-refractivity contribution in [2.75, 3.05) is 12.4 Å². The molecule has 0 bridgehead atoms. The number of methoxy groups -OCH3 is 1. The molecule has 0 spiro atoms. The van der Waals surface area contributed by atoms with Crippen LogP contribution in [-0.2, 0) is 0 Å². The molecule has 168 valence electrons. The van der Waals surface area contributed by atoms with Crippen LogP contribution in [0.1, 0.15) is 10.6 Å². The summed E-state index contributed by atoms with van der Waals surface area (Å²) in [6.07, 6.45) is 0. The zero-order chi connectivity index (χ0) is 23.5. The fourth-order valence-corrected chi connectivity index (χ4v) is 4.78. The molecule has 1 amide bonds. The Balaban J connectivity index is 1.41. The predicted octanol–water partition coefficient (Wildman–Crippen LogP) is 7.27. The SMILES string of the molecule is COc1ccc(-c2csc(NC(=S)NC(=O)c3ccc(-c4cc(Cl)ccc4Cl)o3)n2)cc1Br. The number of amides is 1. The van der Waals surface area contributed by atoms with E-state index in [4.69, 9.17) is 44.6 Å². The second kappa shape index (κ2) is 10.2. The zero-order valence-corrected chi connectivity index (χ0v) is 21.5. The predicted molar refractivity (Wildman–Crippen MR) is 140 cm³/mol. The Morgan fingerprint density at radius 1 is 1.18 bits per heavy atom. The summed E-state index contributed by atoms with van der Waals surface area (Å²) in [5.41, 5.74) is 2.25.